The summed E-state index contributed by atoms with van der Waals surface area (Å²) >= 11 is 0. The molecule has 1 saturated carbocycles. The van der Waals surface area contributed by atoms with Crippen LogP contribution in [0.25, 0.3) is 0 Å². The van der Waals surface area contributed by atoms with Gasteiger partial charge in [-0.1, -0.05) is 12.2 Å². The van der Waals surface area contributed by atoms with Gasteiger partial charge in [0.25, 0.3) is 0 Å². The minimum absolute atomic E-state index is 0.256. The third-order valence-electron chi connectivity index (χ3n) is 4.41. The van der Waals surface area contributed by atoms with Crippen molar-refractivity contribution in [1.29, 1.82) is 0 Å². The molecule has 3 heteroatoms. The molecule has 0 unspecified atom stereocenters. The first-order valence-electron chi connectivity index (χ1n) is 7.46. The van der Waals surface area contributed by atoms with Crippen molar-refractivity contribution in [3.63, 3.8) is 0 Å². The predicted molar refractivity (Wildman–Crippen MR) is 83.6 cm³/mol. The van der Waals surface area contributed by atoms with Gasteiger partial charge in [-0.25, -0.2) is 4.79 Å². The average molecular weight is 288 g/mol. The molecule has 0 aliphatic heterocycles. The predicted octanol–water partition coefficient (Wildman–Crippen LogP) is 4.38. The lowest BCUT2D eigenvalue weighted by atomic mass is 9.77. The van der Waals surface area contributed by atoms with E-state index in [0.29, 0.717) is 11.5 Å². The Balaban J connectivity index is 1.97. The third-order valence-corrected chi connectivity index (χ3v) is 4.41. The molecule has 0 radical (unpaired) electrons. The van der Waals surface area contributed by atoms with Crippen molar-refractivity contribution in [3.8, 4) is 5.75 Å². The van der Waals surface area contributed by atoms with Crippen molar-refractivity contribution in [3.05, 3.63) is 42.0 Å². The first-order chi connectivity index (χ1) is 9.93. The zero-order chi connectivity index (χ0) is 15.5. The van der Waals surface area contributed by atoms with Gasteiger partial charge < -0.3 is 9.47 Å². The average Bonchev–Trinajstić information content (AvgIpc) is 2.47. The first kappa shape index (κ1) is 15.6. The molecule has 0 atom stereocenters. The molecule has 114 valence electrons. The summed E-state index contributed by atoms with van der Waals surface area (Å²) in [7, 11) is 1.61. The quantitative estimate of drug-likeness (QED) is 0.609. The van der Waals surface area contributed by atoms with E-state index in [0.717, 1.165) is 31.4 Å². The van der Waals surface area contributed by atoms with Crippen LogP contribution in [-0.2, 0) is 4.74 Å². The van der Waals surface area contributed by atoms with Crippen LogP contribution in [0, 0.1) is 5.92 Å². The maximum absolute atomic E-state index is 12.3. The number of carbonyl (C=O) groups is 1. The maximum atomic E-state index is 12.3. The summed E-state index contributed by atoms with van der Waals surface area (Å²) in [5, 5.41) is 0. The molecule has 1 aromatic carbocycles. The highest BCUT2D eigenvalue weighted by atomic mass is 16.6. The SMILES string of the molecule is C=C(C)C1CCC(C)(OC(=O)c2ccc(OC)cc2)CC1. The Morgan fingerprint density at radius 2 is 1.81 bits per heavy atom. The lowest BCUT2D eigenvalue weighted by Gasteiger charge is -2.37. The van der Waals surface area contributed by atoms with Gasteiger partial charge >= 0.3 is 5.97 Å². The fraction of sp³-hybridized carbons (Fsp3) is 0.500. The highest BCUT2D eigenvalue weighted by molar-refractivity contribution is 5.89. The van der Waals surface area contributed by atoms with Crippen LogP contribution in [-0.4, -0.2) is 18.7 Å². The van der Waals surface area contributed by atoms with E-state index in [1.165, 1.54) is 5.57 Å². The normalized spacial score (nSPS) is 25.2. The lowest BCUT2D eigenvalue weighted by molar-refractivity contribution is -0.0317. The standard InChI is InChI=1S/C18H24O3/c1-13(2)14-9-11-18(3,12-10-14)21-17(19)15-5-7-16(20-4)8-6-15/h5-8,14H,1,9-12H2,2-4H3. The summed E-state index contributed by atoms with van der Waals surface area (Å²) in [4.78, 5) is 12.3. The third kappa shape index (κ3) is 3.87. The van der Waals surface area contributed by atoms with Crippen molar-refractivity contribution < 1.29 is 14.3 Å². The largest absolute Gasteiger partial charge is 0.497 e. The molecular weight excluding hydrogens is 264 g/mol. The van der Waals surface area contributed by atoms with Gasteiger partial charge in [-0.3, -0.25) is 0 Å². The molecule has 0 heterocycles. The zero-order valence-electron chi connectivity index (χ0n) is 13.1. The molecular formula is C18H24O3. The van der Waals surface area contributed by atoms with Crippen LogP contribution in [0.4, 0.5) is 0 Å². The minimum atomic E-state index is -0.358. The van der Waals surface area contributed by atoms with Gasteiger partial charge in [-0.15, -0.1) is 0 Å². The number of carbonyl (C=O) groups excluding carboxylic acids is 1. The Labute approximate surface area is 127 Å². The van der Waals surface area contributed by atoms with Gasteiger partial charge in [-0.2, -0.15) is 0 Å². The Morgan fingerprint density at radius 1 is 1.24 bits per heavy atom. The lowest BCUT2D eigenvalue weighted by Crippen LogP contribution is -2.36. The zero-order valence-corrected chi connectivity index (χ0v) is 13.1. The fourth-order valence-electron chi connectivity index (χ4n) is 2.83. The highest BCUT2D eigenvalue weighted by Crippen LogP contribution is 2.37. The molecule has 2 rings (SSSR count). The second-order valence-corrected chi connectivity index (χ2v) is 6.19. The van der Waals surface area contributed by atoms with E-state index in [-0.39, 0.29) is 11.6 Å². The molecule has 0 saturated heterocycles. The summed E-state index contributed by atoms with van der Waals surface area (Å²) in [6, 6.07) is 7.03. The summed E-state index contributed by atoms with van der Waals surface area (Å²) in [6.45, 7) is 8.14. The molecule has 0 N–H and O–H groups in total. The molecule has 0 aromatic heterocycles. The Bertz CT molecular complexity index is 508. The smallest absolute Gasteiger partial charge is 0.338 e. The molecule has 1 aliphatic carbocycles. The van der Waals surface area contributed by atoms with Gasteiger partial charge in [0.15, 0.2) is 0 Å². The van der Waals surface area contributed by atoms with Crippen LogP contribution in [0.15, 0.2) is 36.4 Å². The van der Waals surface area contributed by atoms with E-state index in [1.807, 2.05) is 6.92 Å². The summed E-state index contributed by atoms with van der Waals surface area (Å²) in [6.07, 6.45) is 3.88. The van der Waals surface area contributed by atoms with E-state index in [2.05, 4.69) is 13.5 Å². The first-order valence-corrected chi connectivity index (χ1v) is 7.46. The van der Waals surface area contributed by atoms with Crippen LogP contribution in [0.1, 0.15) is 49.9 Å². The van der Waals surface area contributed by atoms with Crippen LogP contribution >= 0.6 is 0 Å². The molecule has 0 spiro atoms. The van der Waals surface area contributed by atoms with Gasteiger partial charge in [-0.05, 0) is 69.7 Å². The summed E-state index contributed by atoms with van der Waals surface area (Å²) in [5.41, 5.74) is 1.45. The number of ether oxygens (including phenoxy) is 2. The molecule has 1 aliphatic rings. The van der Waals surface area contributed by atoms with Gasteiger partial charge in [0.1, 0.15) is 11.4 Å². The van der Waals surface area contributed by atoms with E-state index >= 15 is 0 Å². The van der Waals surface area contributed by atoms with Crippen molar-refractivity contribution in [2.75, 3.05) is 7.11 Å². The molecule has 1 aromatic rings. The van der Waals surface area contributed by atoms with Crippen molar-refractivity contribution in [2.24, 2.45) is 5.92 Å². The van der Waals surface area contributed by atoms with Crippen LogP contribution in [0.2, 0.25) is 0 Å². The molecule has 0 bridgehead atoms. The van der Waals surface area contributed by atoms with Gasteiger partial charge in [0.2, 0.25) is 0 Å². The number of hydrogen-bond acceptors (Lipinski definition) is 3. The second-order valence-electron chi connectivity index (χ2n) is 6.19. The van der Waals surface area contributed by atoms with Crippen molar-refractivity contribution in [1.82, 2.24) is 0 Å². The Morgan fingerprint density at radius 3 is 2.29 bits per heavy atom. The van der Waals surface area contributed by atoms with Crippen molar-refractivity contribution in [2.45, 2.75) is 45.1 Å². The maximum Gasteiger partial charge on any atom is 0.338 e. The van der Waals surface area contributed by atoms with E-state index in [4.69, 9.17) is 9.47 Å². The summed E-state index contributed by atoms with van der Waals surface area (Å²) in [5.74, 6) is 1.05. The molecule has 0 amide bonds. The van der Waals surface area contributed by atoms with E-state index in [1.54, 1.807) is 31.4 Å². The Hall–Kier alpha value is -1.77. The van der Waals surface area contributed by atoms with E-state index in [9.17, 15) is 4.79 Å². The highest BCUT2D eigenvalue weighted by Gasteiger charge is 2.34. The van der Waals surface area contributed by atoms with Crippen molar-refractivity contribution >= 4 is 5.97 Å². The Kier molecular flexibility index (Phi) is 4.71. The van der Waals surface area contributed by atoms with Crippen LogP contribution < -0.4 is 4.74 Å². The van der Waals surface area contributed by atoms with Gasteiger partial charge in [0.05, 0.1) is 12.7 Å². The summed E-state index contributed by atoms with van der Waals surface area (Å²) < 4.78 is 10.8. The number of allylic oxidation sites excluding steroid dienone is 1. The number of methoxy groups -OCH3 is 1. The topological polar surface area (TPSA) is 35.5 Å². The monoisotopic (exact) mass is 288 g/mol. The van der Waals surface area contributed by atoms with Crippen LogP contribution in [0.5, 0.6) is 5.75 Å². The number of esters is 1. The number of benzene rings is 1. The molecule has 21 heavy (non-hydrogen) atoms. The number of hydrogen-bond donors (Lipinski definition) is 0. The fourth-order valence-corrected chi connectivity index (χ4v) is 2.83. The van der Waals surface area contributed by atoms with Crippen LogP contribution in [0.3, 0.4) is 0 Å². The van der Waals surface area contributed by atoms with Gasteiger partial charge in [0, 0.05) is 0 Å². The second kappa shape index (κ2) is 6.33. The molecule has 3 nitrogen and oxygen atoms in total. The minimum Gasteiger partial charge on any atom is -0.497 e. The number of rotatable bonds is 4. The van der Waals surface area contributed by atoms with E-state index < -0.39 is 0 Å². The molecule has 1 fully saturated rings.